The zero-order chi connectivity index (χ0) is 21.9. The molecular formula is C22H30N2O5S. The van der Waals surface area contributed by atoms with Crippen LogP contribution in [0.15, 0.2) is 28.7 Å². The largest absolute Gasteiger partial charge is 0.497 e. The van der Waals surface area contributed by atoms with Gasteiger partial charge in [0.25, 0.3) is 0 Å². The van der Waals surface area contributed by atoms with Crippen molar-refractivity contribution in [2.45, 2.75) is 51.8 Å². The maximum absolute atomic E-state index is 12.6. The van der Waals surface area contributed by atoms with E-state index < -0.39 is 21.5 Å². The molecule has 0 radical (unpaired) electrons. The van der Waals surface area contributed by atoms with E-state index in [1.54, 1.807) is 26.2 Å². The second-order valence-corrected chi connectivity index (χ2v) is 10.3. The van der Waals surface area contributed by atoms with Crippen molar-refractivity contribution < 1.29 is 22.4 Å². The Hall–Kier alpha value is -2.35. The minimum atomic E-state index is -3.68. The standard InChI is InChI=1S/C22H30N2O5S/c1-14-7-5-10-19(15(14)2)23-21(25)13-30(26,27)12-20-16(3)29-22(24-20)17-8-6-9-18(11-17)28-4/h6,8-9,11,14-15,19H,5,7,10,12-13H2,1-4H3,(H,23,25)/t14-,15-,19+/m0/s1. The van der Waals surface area contributed by atoms with Gasteiger partial charge >= 0.3 is 0 Å². The molecule has 1 aromatic carbocycles. The molecule has 0 spiro atoms. The molecule has 0 aliphatic heterocycles. The quantitative estimate of drug-likeness (QED) is 0.716. The van der Waals surface area contributed by atoms with Gasteiger partial charge in [0.2, 0.25) is 11.8 Å². The number of hydrogen-bond acceptors (Lipinski definition) is 6. The van der Waals surface area contributed by atoms with Crippen LogP contribution in [0.3, 0.4) is 0 Å². The van der Waals surface area contributed by atoms with Crippen LogP contribution >= 0.6 is 0 Å². The van der Waals surface area contributed by atoms with Gasteiger partial charge in [0.05, 0.1) is 18.6 Å². The molecule has 30 heavy (non-hydrogen) atoms. The highest BCUT2D eigenvalue weighted by Gasteiger charge is 2.30. The van der Waals surface area contributed by atoms with Crippen LogP contribution in [0.1, 0.15) is 44.6 Å². The number of aryl methyl sites for hydroxylation is 1. The first-order valence-corrected chi connectivity index (χ1v) is 12.1. The number of oxazole rings is 1. The summed E-state index contributed by atoms with van der Waals surface area (Å²) in [5.41, 5.74) is 1.01. The third-order valence-electron chi connectivity index (χ3n) is 5.97. The Labute approximate surface area is 178 Å². The Balaban J connectivity index is 1.66. The second kappa shape index (κ2) is 9.20. The highest BCUT2D eigenvalue weighted by atomic mass is 32.2. The number of aromatic nitrogens is 1. The summed E-state index contributed by atoms with van der Waals surface area (Å²) in [4.78, 5) is 16.8. The molecule has 3 atom stereocenters. The lowest BCUT2D eigenvalue weighted by atomic mass is 9.78. The third-order valence-corrected chi connectivity index (χ3v) is 7.39. The molecule has 0 unspecified atom stereocenters. The number of amides is 1. The molecule has 1 aliphatic carbocycles. The molecular weight excluding hydrogens is 404 g/mol. The molecule has 1 heterocycles. The molecule has 1 amide bonds. The molecule has 1 N–H and O–H groups in total. The Morgan fingerprint density at radius 3 is 2.80 bits per heavy atom. The number of carbonyl (C=O) groups is 1. The van der Waals surface area contributed by atoms with Crippen molar-refractivity contribution in [2.24, 2.45) is 11.8 Å². The maximum Gasteiger partial charge on any atom is 0.235 e. The monoisotopic (exact) mass is 434 g/mol. The second-order valence-electron chi connectivity index (χ2n) is 8.23. The SMILES string of the molecule is COc1cccc(-c2nc(CS(=O)(=O)CC(=O)N[C@@H]3CCC[C@H](C)[C@@H]3C)c(C)o2)c1. The summed E-state index contributed by atoms with van der Waals surface area (Å²) < 4.78 is 36.1. The van der Waals surface area contributed by atoms with Gasteiger partial charge in [-0.3, -0.25) is 4.79 Å². The van der Waals surface area contributed by atoms with Gasteiger partial charge in [-0.25, -0.2) is 13.4 Å². The van der Waals surface area contributed by atoms with E-state index in [9.17, 15) is 13.2 Å². The zero-order valence-electron chi connectivity index (χ0n) is 18.0. The Kier molecular flexibility index (Phi) is 6.85. The number of nitrogens with zero attached hydrogens (tertiary/aromatic N) is 1. The lowest BCUT2D eigenvalue weighted by molar-refractivity contribution is -0.120. The van der Waals surface area contributed by atoms with E-state index in [0.717, 1.165) is 19.3 Å². The van der Waals surface area contributed by atoms with Gasteiger partial charge in [0, 0.05) is 11.6 Å². The molecule has 8 heteroatoms. The van der Waals surface area contributed by atoms with E-state index in [1.165, 1.54) is 0 Å². The number of nitrogens with one attached hydrogen (secondary N) is 1. The van der Waals surface area contributed by atoms with Crippen molar-refractivity contribution in [2.75, 3.05) is 12.9 Å². The first kappa shape index (κ1) is 22.3. The fourth-order valence-electron chi connectivity index (χ4n) is 3.93. The van der Waals surface area contributed by atoms with Crippen molar-refractivity contribution in [3.8, 4) is 17.2 Å². The highest BCUT2D eigenvalue weighted by Crippen LogP contribution is 2.29. The number of hydrogen-bond donors (Lipinski definition) is 1. The number of sulfone groups is 1. The van der Waals surface area contributed by atoms with Crippen LogP contribution in [-0.4, -0.2) is 38.2 Å². The molecule has 1 fully saturated rings. The summed E-state index contributed by atoms with van der Waals surface area (Å²) in [5, 5.41) is 2.92. The predicted molar refractivity (Wildman–Crippen MR) is 115 cm³/mol. The Morgan fingerprint density at radius 1 is 1.30 bits per heavy atom. The fraction of sp³-hybridized carbons (Fsp3) is 0.545. The minimum Gasteiger partial charge on any atom is -0.497 e. The van der Waals surface area contributed by atoms with Crippen molar-refractivity contribution >= 4 is 15.7 Å². The highest BCUT2D eigenvalue weighted by molar-refractivity contribution is 7.91. The van der Waals surface area contributed by atoms with Crippen LogP contribution in [-0.2, 0) is 20.4 Å². The molecule has 1 saturated carbocycles. The van der Waals surface area contributed by atoms with Crippen molar-refractivity contribution in [1.29, 1.82) is 0 Å². The topological polar surface area (TPSA) is 98.5 Å². The van der Waals surface area contributed by atoms with Crippen molar-refractivity contribution in [3.05, 3.63) is 35.7 Å². The first-order chi connectivity index (χ1) is 14.2. The number of rotatable bonds is 7. The first-order valence-electron chi connectivity index (χ1n) is 10.3. The number of ether oxygens (including phenoxy) is 1. The van der Waals surface area contributed by atoms with Crippen molar-refractivity contribution in [1.82, 2.24) is 10.3 Å². The van der Waals surface area contributed by atoms with E-state index in [-0.39, 0.29) is 11.8 Å². The Morgan fingerprint density at radius 2 is 2.07 bits per heavy atom. The molecule has 164 valence electrons. The predicted octanol–water partition coefficient (Wildman–Crippen LogP) is 3.51. The molecule has 7 nitrogen and oxygen atoms in total. The molecule has 2 aromatic rings. The van der Waals surface area contributed by atoms with Gasteiger partial charge in [0.1, 0.15) is 17.3 Å². The molecule has 0 bridgehead atoms. The summed E-state index contributed by atoms with van der Waals surface area (Å²) >= 11 is 0. The van der Waals surface area contributed by atoms with Crippen molar-refractivity contribution in [3.63, 3.8) is 0 Å². The van der Waals surface area contributed by atoms with Crippen LogP contribution < -0.4 is 10.1 Å². The molecule has 1 aliphatic rings. The summed E-state index contributed by atoms with van der Waals surface area (Å²) in [6.07, 6.45) is 3.09. The van der Waals surface area contributed by atoms with Gasteiger partial charge in [0.15, 0.2) is 9.84 Å². The third kappa shape index (κ3) is 5.41. The summed E-state index contributed by atoms with van der Waals surface area (Å²) in [5.74, 6) is 0.928. The lowest BCUT2D eigenvalue weighted by Crippen LogP contribution is -2.45. The normalized spacial score (nSPS) is 21.9. The maximum atomic E-state index is 12.6. The summed E-state index contributed by atoms with van der Waals surface area (Å²) in [6.45, 7) is 5.96. The Bertz CT molecular complexity index is 999. The van der Waals surface area contributed by atoms with E-state index in [0.29, 0.717) is 40.5 Å². The number of carbonyl (C=O) groups excluding carboxylic acids is 1. The lowest BCUT2D eigenvalue weighted by Gasteiger charge is -2.34. The number of methoxy groups -OCH3 is 1. The number of benzene rings is 1. The van der Waals surface area contributed by atoms with E-state index in [2.05, 4.69) is 24.1 Å². The van der Waals surface area contributed by atoms with Crippen LogP contribution in [0.5, 0.6) is 5.75 Å². The minimum absolute atomic E-state index is 0.0323. The van der Waals surface area contributed by atoms with Gasteiger partial charge in [-0.2, -0.15) is 0 Å². The smallest absolute Gasteiger partial charge is 0.235 e. The van der Waals surface area contributed by atoms with Crippen LogP contribution in [0, 0.1) is 18.8 Å². The molecule has 3 rings (SSSR count). The zero-order valence-corrected chi connectivity index (χ0v) is 18.8. The fourth-order valence-corrected chi connectivity index (χ4v) is 5.20. The van der Waals surface area contributed by atoms with Crippen LogP contribution in [0.2, 0.25) is 0 Å². The van der Waals surface area contributed by atoms with E-state index in [4.69, 9.17) is 9.15 Å². The van der Waals surface area contributed by atoms with Crippen LogP contribution in [0.25, 0.3) is 11.5 Å². The van der Waals surface area contributed by atoms with Gasteiger partial charge < -0.3 is 14.5 Å². The average molecular weight is 435 g/mol. The average Bonchev–Trinajstić information content (AvgIpc) is 3.04. The van der Waals surface area contributed by atoms with E-state index in [1.807, 2.05) is 12.1 Å². The van der Waals surface area contributed by atoms with Gasteiger partial charge in [-0.1, -0.05) is 32.8 Å². The summed E-state index contributed by atoms with van der Waals surface area (Å²) in [6, 6.07) is 7.22. The molecule has 1 aromatic heterocycles. The van der Waals surface area contributed by atoms with Gasteiger partial charge in [-0.15, -0.1) is 0 Å². The van der Waals surface area contributed by atoms with Gasteiger partial charge in [-0.05, 0) is 43.4 Å². The molecule has 0 saturated heterocycles. The van der Waals surface area contributed by atoms with Crippen LogP contribution in [0.4, 0.5) is 0 Å². The van der Waals surface area contributed by atoms with E-state index >= 15 is 0 Å². The summed E-state index contributed by atoms with van der Waals surface area (Å²) in [7, 11) is -2.11.